The molecular weight excluding hydrogens is 248 g/mol. The maximum Gasteiger partial charge on any atom is 0.0847 e. The zero-order chi connectivity index (χ0) is 15.0. The standard InChI is InChI=1S/C8H18O2.2CH2O3/c1-3-5-6-8(4-2)7-10-9;2*2-1(3)4/h8-9H,3-7H2,1-2H3;2*(H2,2,3,4)/p-4. The summed E-state index contributed by atoms with van der Waals surface area (Å²) in [5.41, 5.74) is 0. The second-order valence-electron chi connectivity index (χ2n) is 3.21. The van der Waals surface area contributed by atoms with Gasteiger partial charge in [-0.2, -0.15) is 0 Å². The Morgan fingerprint density at radius 2 is 1.50 bits per heavy atom. The summed E-state index contributed by atoms with van der Waals surface area (Å²) in [6.45, 7) is 4.79. The molecule has 1 N–H and O–H groups in total. The minimum absolute atomic E-state index is 0.497. The lowest BCUT2D eigenvalue weighted by Crippen LogP contribution is -2.37. The second kappa shape index (κ2) is 17.8. The third kappa shape index (κ3) is 47.1. The molecule has 0 radical (unpaired) electrons. The average molecular weight is 266 g/mol. The molecule has 0 aliphatic heterocycles. The maximum absolute atomic E-state index is 8.33. The summed E-state index contributed by atoms with van der Waals surface area (Å²) in [6, 6.07) is 0. The van der Waals surface area contributed by atoms with Gasteiger partial charge in [0.25, 0.3) is 0 Å². The van der Waals surface area contributed by atoms with E-state index in [2.05, 4.69) is 18.7 Å². The summed E-state index contributed by atoms with van der Waals surface area (Å²) in [7, 11) is 0. The third-order valence-electron chi connectivity index (χ3n) is 1.85. The normalized spacial score (nSPS) is 10.2. The molecule has 0 fully saturated rings. The van der Waals surface area contributed by atoms with Gasteiger partial charge in [-0.3, -0.25) is 5.26 Å². The largest absolute Gasteiger partial charge is 0.652 e. The first-order chi connectivity index (χ1) is 8.31. The van der Waals surface area contributed by atoms with E-state index in [0.717, 1.165) is 6.42 Å². The molecular formula is C10H18O8-4. The molecule has 8 heteroatoms. The monoisotopic (exact) mass is 266 g/mol. The maximum atomic E-state index is 8.33. The molecule has 0 saturated heterocycles. The first-order valence-corrected chi connectivity index (χ1v) is 5.33. The molecule has 1 atom stereocenters. The van der Waals surface area contributed by atoms with Crippen molar-refractivity contribution in [1.82, 2.24) is 0 Å². The minimum atomic E-state index is -2.33. The summed E-state index contributed by atoms with van der Waals surface area (Å²) in [4.78, 5) is 20.8. The highest BCUT2D eigenvalue weighted by Crippen LogP contribution is 2.11. The molecule has 0 amide bonds. The van der Waals surface area contributed by atoms with Crippen molar-refractivity contribution in [3.05, 3.63) is 0 Å². The summed E-state index contributed by atoms with van der Waals surface area (Å²) in [5.74, 6) is 0.546. The van der Waals surface area contributed by atoms with Crippen LogP contribution in [0.5, 0.6) is 0 Å². The van der Waals surface area contributed by atoms with Crippen LogP contribution in [0, 0.1) is 5.92 Å². The van der Waals surface area contributed by atoms with Gasteiger partial charge in [0.1, 0.15) is 0 Å². The topological polar surface area (TPSA) is 156 Å². The molecule has 0 heterocycles. The zero-order valence-electron chi connectivity index (χ0n) is 10.4. The van der Waals surface area contributed by atoms with Gasteiger partial charge in [-0.25, -0.2) is 4.89 Å². The SMILES string of the molecule is CCCCC(CC)COO.O=C([O-])[O-].O=C([O-])[O-]. The van der Waals surface area contributed by atoms with Crippen molar-refractivity contribution < 1.29 is 40.2 Å². The Kier molecular flexibility index (Phi) is 21.5. The van der Waals surface area contributed by atoms with E-state index >= 15 is 0 Å². The van der Waals surface area contributed by atoms with Crippen LogP contribution in [-0.4, -0.2) is 24.2 Å². The van der Waals surface area contributed by atoms with Crippen molar-refractivity contribution in [2.45, 2.75) is 39.5 Å². The van der Waals surface area contributed by atoms with E-state index in [9.17, 15) is 0 Å². The summed E-state index contributed by atoms with van der Waals surface area (Å²) in [5, 5.41) is 41.5. The number of hydrogen-bond donors (Lipinski definition) is 1. The number of hydrogen-bond acceptors (Lipinski definition) is 8. The van der Waals surface area contributed by atoms with Gasteiger partial charge in [-0.1, -0.05) is 33.1 Å². The lowest BCUT2D eigenvalue weighted by molar-refractivity contribution is -0.417. The van der Waals surface area contributed by atoms with E-state index in [1.54, 1.807) is 0 Å². The van der Waals surface area contributed by atoms with Crippen LogP contribution >= 0.6 is 0 Å². The van der Waals surface area contributed by atoms with E-state index in [4.69, 9.17) is 35.3 Å². The van der Waals surface area contributed by atoms with Gasteiger partial charge < -0.3 is 30.0 Å². The van der Waals surface area contributed by atoms with E-state index < -0.39 is 12.3 Å². The Morgan fingerprint density at radius 1 is 1.11 bits per heavy atom. The van der Waals surface area contributed by atoms with Gasteiger partial charge in [0.15, 0.2) is 0 Å². The molecule has 0 aromatic heterocycles. The first-order valence-electron chi connectivity index (χ1n) is 5.33. The van der Waals surface area contributed by atoms with Crippen LogP contribution in [0.1, 0.15) is 39.5 Å². The number of carbonyl (C=O) groups excluding carboxylic acids is 2. The predicted octanol–water partition coefficient (Wildman–Crippen LogP) is -2.20. The van der Waals surface area contributed by atoms with Crippen LogP contribution in [-0.2, 0) is 4.89 Å². The van der Waals surface area contributed by atoms with Crippen LogP contribution < -0.4 is 20.4 Å². The molecule has 110 valence electrons. The molecule has 18 heavy (non-hydrogen) atoms. The van der Waals surface area contributed by atoms with Gasteiger partial charge in [0, 0.05) is 0 Å². The Bertz CT molecular complexity index is 174. The fraction of sp³-hybridized carbons (Fsp3) is 0.800. The number of rotatable bonds is 6. The molecule has 0 aliphatic rings. The zero-order valence-corrected chi connectivity index (χ0v) is 10.4. The van der Waals surface area contributed by atoms with Crippen LogP contribution in [0.3, 0.4) is 0 Å². The van der Waals surface area contributed by atoms with Gasteiger partial charge in [0.2, 0.25) is 0 Å². The number of unbranched alkanes of at least 4 members (excludes halogenated alkanes) is 1. The Hall–Kier alpha value is -1.54. The van der Waals surface area contributed by atoms with E-state index in [1.807, 2.05) is 0 Å². The highest BCUT2D eigenvalue weighted by molar-refractivity contribution is 5.47. The molecule has 0 spiro atoms. The van der Waals surface area contributed by atoms with Gasteiger partial charge in [0.05, 0.1) is 6.61 Å². The van der Waals surface area contributed by atoms with Gasteiger partial charge in [-0.05, 0) is 24.6 Å². The minimum Gasteiger partial charge on any atom is -0.652 e. The van der Waals surface area contributed by atoms with Crippen molar-refractivity contribution in [3.8, 4) is 0 Å². The molecule has 0 saturated carbocycles. The highest BCUT2D eigenvalue weighted by Gasteiger charge is 2.04. The van der Waals surface area contributed by atoms with Crippen molar-refractivity contribution in [2.24, 2.45) is 5.92 Å². The van der Waals surface area contributed by atoms with Gasteiger partial charge in [-0.15, -0.1) is 0 Å². The fourth-order valence-corrected chi connectivity index (χ4v) is 1.00. The van der Waals surface area contributed by atoms with Crippen LogP contribution in [0.4, 0.5) is 9.59 Å². The smallest absolute Gasteiger partial charge is 0.0847 e. The van der Waals surface area contributed by atoms with Crippen molar-refractivity contribution >= 4 is 12.3 Å². The molecule has 0 rings (SSSR count). The Morgan fingerprint density at radius 3 is 1.72 bits per heavy atom. The summed E-state index contributed by atoms with van der Waals surface area (Å²) < 4.78 is 0. The summed E-state index contributed by atoms with van der Waals surface area (Å²) >= 11 is 0. The lowest BCUT2D eigenvalue weighted by Gasteiger charge is -2.10. The molecule has 0 bridgehead atoms. The molecule has 1 unspecified atom stereocenters. The van der Waals surface area contributed by atoms with Crippen LogP contribution in [0.2, 0.25) is 0 Å². The van der Waals surface area contributed by atoms with Crippen molar-refractivity contribution in [1.29, 1.82) is 0 Å². The van der Waals surface area contributed by atoms with E-state index in [1.165, 1.54) is 19.3 Å². The molecule has 0 aromatic carbocycles. The second-order valence-corrected chi connectivity index (χ2v) is 3.21. The fourth-order valence-electron chi connectivity index (χ4n) is 1.00. The molecule has 0 aliphatic carbocycles. The first kappa shape index (κ1) is 21.7. The average Bonchev–Trinajstić information content (AvgIpc) is 2.22. The summed E-state index contributed by atoms with van der Waals surface area (Å²) in [6.07, 6.45) is 0.0674. The lowest BCUT2D eigenvalue weighted by atomic mass is 10.0. The van der Waals surface area contributed by atoms with Crippen molar-refractivity contribution in [3.63, 3.8) is 0 Å². The van der Waals surface area contributed by atoms with Crippen LogP contribution in [0.15, 0.2) is 0 Å². The quantitative estimate of drug-likeness (QED) is 0.419. The number of carboxylic acid groups (broad SMARTS) is 4. The molecule has 0 aromatic rings. The Balaban J connectivity index is -0.000000233. The number of carbonyl (C=O) groups is 2. The van der Waals surface area contributed by atoms with Gasteiger partial charge >= 0.3 is 0 Å². The van der Waals surface area contributed by atoms with Crippen LogP contribution in [0.25, 0.3) is 0 Å². The van der Waals surface area contributed by atoms with Crippen molar-refractivity contribution in [2.75, 3.05) is 6.61 Å². The van der Waals surface area contributed by atoms with E-state index in [0.29, 0.717) is 12.5 Å². The molecule has 8 nitrogen and oxygen atoms in total. The highest BCUT2D eigenvalue weighted by atomic mass is 17.1. The van der Waals surface area contributed by atoms with E-state index in [-0.39, 0.29) is 0 Å². The predicted molar refractivity (Wildman–Crippen MR) is 52.7 cm³/mol. The Labute approximate surface area is 105 Å². The third-order valence-corrected chi connectivity index (χ3v) is 1.85.